The third-order valence-electron chi connectivity index (χ3n) is 1.82. The minimum atomic E-state index is -0.629. The fourth-order valence-electron chi connectivity index (χ4n) is 1.21. The summed E-state index contributed by atoms with van der Waals surface area (Å²) < 4.78 is 5.92. The van der Waals surface area contributed by atoms with Gasteiger partial charge in [0.15, 0.2) is 0 Å². The lowest BCUT2D eigenvalue weighted by Gasteiger charge is -2.15. The summed E-state index contributed by atoms with van der Waals surface area (Å²) in [6.07, 6.45) is 2.55. The third-order valence-corrected chi connectivity index (χ3v) is 1.82. The highest BCUT2D eigenvalue weighted by atomic mass is 16.7. The zero-order valence-electron chi connectivity index (χ0n) is 8.28. The number of hydrogen-bond acceptors (Lipinski definition) is 4. The molecule has 1 aliphatic rings. The van der Waals surface area contributed by atoms with E-state index in [1.807, 2.05) is 0 Å². The summed E-state index contributed by atoms with van der Waals surface area (Å²) in [6.45, 7) is 1.93. The lowest BCUT2D eigenvalue weighted by Crippen LogP contribution is -2.29. The van der Waals surface area contributed by atoms with Crippen LogP contribution in [-0.2, 0) is 14.4 Å². The largest absolute Gasteiger partial charge is 0.871 e. The van der Waals surface area contributed by atoms with Gasteiger partial charge in [0.1, 0.15) is 7.11 Å². The average molecular weight is 199 g/mol. The SMILES string of the molecule is CCOC(=O)C1=C([O-])CCC=[N+]1OC. The van der Waals surface area contributed by atoms with Crippen molar-refractivity contribution in [3.05, 3.63) is 11.5 Å². The van der Waals surface area contributed by atoms with Gasteiger partial charge in [-0.15, -0.1) is 0 Å². The standard InChI is InChI=1S/C9H13NO4/c1-3-14-9(12)8-7(11)5-4-6-10(8)13-2/h6H,3-5H2,1-2H3. The Morgan fingerprint density at radius 2 is 2.43 bits per heavy atom. The Balaban J connectivity index is 2.91. The highest BCUT2D eigenvalue weighted by Crippen LogP contribution is 2.13. The molecule has 14 heavy (non-hydrogen) atoms. The van der Waals surface area contributed by atoms with E-state index in [0.29, 0.717) is 12.8 Å². The molecule has 0 spiro atoms. The maximum absolute atomic E-state index is 11.4. The summed E-state index contributed by atoms with van der Waals surface area (Å²) in [5, 5.41) is 11.4. The van der Waals surface area contributed by atoms with Crippen molar-refractivity contribution in [3.63, 3.8) is 0 Å². The van der Waals surface area contributed by atoms with Gasteiger partial charge in [-0.25, -0.2) is 4.79 Å². The number of carbonyl (C=O) groups excluding carboxylic acids is 1. The number of hydroxylamine groups is 1. The normalized spacial score (nSPS) is 16.3. The quantitative estimate of drug-likeness (QED) is 0.456. The van der Waals surface area contributed by atoms with Gasteiger partial charge in [0.25, 0.3) is 0 Å². The van der Waals surface area contributed by atoms with Gasteiger partial charge in [0.2, 0.25) is 6.21 Å². The molecule has 0 bridgehead atoms. The van der Waals surface area contributed by atoms with Crippen molar-refractivity contribution in [2.24, 2.45) is 0 Å². The van der Waals surface area contributed by atoms with E-state index >= 15 is 0 Å². The van der Waals surface area contributed by atoms with Crippen LogP contribution in [0, 0.1) is 0 Å². The van der Waals surface area contributed by atoms with E-state index < -0.39 is 5.97 Å². The Hall–Kier alpha value is -1.52. The van der Waals surface area contributed by atoms with Crippen molar-refractivity contribution in [1.82, 2.24) is 0 Å². The van der Waals surface area contributed by atoms with Crippen LogP contribution in [-0.4, -0.2) is 30.6 Å². The van der Waals surface area contributed by atoms with Crippen LogP contribution in [0.15, 0.2) is 11.5 Å². The van der Waals surface area contributed by atoms with Crippen LogP contribution in [0.3, 0.4) is 0 Å². The zero-order chi connectivity index (χ0) is 10.6. The number of allylic oxidation sites excluding steroid dienone is 1. The second kappa shape index (κ2) is 4.64. The van der Waals surface area contributed by atoms with Gasteiger partial charge in [0, 0.05) is 11.2 Å². The first kappa shape index (κ1) is 10.6. The minimum Gasteiger partial charge on any atom is -0.871 e. The van der Waals surface area contributed by atoms with E-state index in [1.165, 1.54) is 11.8 Å². The fourth-order valence-corrected chi connectivity index (χ4v) is 1.21. The molecule has 0 saturated carbocycles. The monoisotopic (exact) mass is 199 g/mol. The van der Waals surface area contributed by atoms with Crippen LogP contribution in [0.5, 0.6) is 0 Å². The molecule has 5 nitrogen and oxygen atoms in total. The lowest BCUT2D eigenvalue weighted by atomic mass is 10.2. The number of esters is 1. The van der Waals surface area contributed by atoms with Gasteiger partial charge >= 0.3 is 11.7 Å². The van der Waals surface area contributed by atoms with Gasteiger partial charge in [-0.1, -0.05) is 0 Å². The summed E-state index contributed by atoms with van der Waals surface area (Å²) in [4.78, 5) is 16.2. The lowest BCUT2D eigenvalue weighted by molar-refractivity contribution is -0.743. The van der Waals surface area contributed by atoms with Gasteiger partial charge < -0.3 is 9.84 Å². The molecular formula is C9H13NO4. The first-order valence-corrected chi connectivity index (χ1v) is 4.44. The number of rotatable bonds is 3. The molecule has 1 rings (SSSR count). The van der Waals surface area contributed by atoms with Crippen molar-refractivity contribution in [2.75, 3.05) is 13.7 Å². The van der Waals surface area contributed by atoms with Crippen molar-refractivity contribution in [1.29, 1.82) is 0 Å². The molecule has 0 aliphatic carbocycles. The summed E-state index contributed by atoms with van der Waals surface area (Å²) in [6, 6.07) is 0. The third kappa shape index (κ3) is 2.04. The van der Waals surface area contributed by atoms with E-state index in [2.05, 4.69) is 0 Å². The van der Waals surface area contributed by atoms with Crippen LogP contribution >= 0.6 is 0 Å². The topological polar surface area (TPSA) is 61.6 Å². The van der Waals surface area contributed by atoms with Crippen molar-refractivity contribution in [2.45, 2.75) is 19.8 Å². The molecule has 1 aliphatic heterocycles. The van der Waals surface area contributed by atoms with Crippen molar-refractivity contribution >= 4 is 12.2 Å². The Bertz CT molecular complexity index is 293. The molecule has 0 aromatic heterocycles. The molecule has 5 heteroatoms. The minimum absolute atomic E-state index is 0.0411. The maximum atomic E-state index is 11.4. The second-order valence-electron chi connectivity index (χ2n) is 2.72. The van der Waals surface area contributed by atoms with Crippen LogP contribution in [0.25, 0.3) is 0 Å². The molecule has 0 unspecified atom stereocenters. The molecule has 1 heterocycles. The number of hydrogen-bond donors (Lipinski definition) is 0. The van der Waals surface area contributed by atoms with Gasteiger partial charge in [-0.2, -0.15) is 0 Å². The molecule has 0 saturated heterocycles. The average Bonchev–Trinajstić information content (AvgIpc) is 2.17. The highest BCUT2D eigenvalue weighted by molar-refractivity contribution is 5.87. The van der Waals surface area contributed by atoms with E-state index in [-0.39, 0.29) is 18.1 Å². The molecule has 0 aromatic carbocycles. The Kier molecular flexibility index (Phi) is 3.50. The van der Waals surface area contributed by atoms with Crippen LogP contribution in [0.1, 0.15) is 19.8 Å². The van der Waals surface area contributed by atoms with E-state index in [0.717, 1.165) is 0 Å². The zero-order valence-corrected chi connectivity index (χ0v) is 8.28. The van der Waals surface area contributed by atoms with E-state index in [9.17, 15) is 9.90 Å². The fraction of sp³-hybridized carbons (Fsp3) is 0.556. The molecule has 0 fully saturated rings. The predicted molar refractivity (Wildman–Crippen MR) is 46.2 cm³/mol. The summed E-state index contributed by atoms with van der Waals surface area (Å²) >= 11 is 0. The number of carbonyl (C=O) groups is 1. The predicted octanol–water partition coefficient (Wildman–Crippen LogP) is -0.440. The van der Waals surface area contributed by atoms with E-state index in [1.54, 1.807) is 13.1 Å². The van der Waals surface area contributed by atoms with Crippen molar-refractivity contribution < 1.29 is 24.2 Å². The molecular weight excluding hydrogens is 186 g/mol. The maximum Gasteiger partial charge on any atom is 0.407 e. The van der Waals surface area contributed by atoms with Gasteiger partial charge in [-0.05, 0) is 19.1 Å². The first-order chi connectivity index (χ1) is 6.70. The Labute approximate surface area is 82.2 Å². The molecule has 78 valence electrons. The molecule has 0 aromatic rings. The molecule has 0 N–H and O–H groups in total. The second-order valence-corrected chi connectivity index (χ2v) is 2.72. The van der Waals surface area contributed by atoms with E-state index in [4.69, 9.17) is 9.57 Å². The molecule has 0 atom stereocenters. The smallest absolute Gasteiger partial charge is 0.407 e. The van der Waals surface area contributed by atoms with Gasteiger partial charge in [0.05, 0.1) is 6.61 Å². The van der Waals surface area contributed by atoms with Crippen LogP contribution < -0.4 is 5.11 Å². The summed E-state index contributed by atoms with van der Waals surface area (Å²) in [5.41, 5.74) is -0.0411. The number of nitrogens with zero attached hydrogens (tertiary/aromatic N) is 1. The highest BCUT2D eigenvalue weighted by Gasteiger charge is 2.28. The first-order valence-electron chi connectivity index (χ1n) is 4.44. The number of ether oxygens (including phenoxy) is 1. The Morgan fingerprint density at radius 1 is 1.71 bits per heavy atom. The van der Waals surface area contributed by atoms with Crippen molar-refractivity contribution in [3.8, 4) is 0 Å². The van der Waals surface area contributed by atoms with Crippen LogP contribution in [0.4, 0.5) is 0 Å². The summed E-state index contributed by atoms with van der Waals surface area (Å²) in [7, 11) is 1.40. The van der Waals surface area contributed by atoms with Gasteiger partial charge in [-0.3, -0.25) is 4.84 Å². The molecule has 0 amide bonds. The Morgan fingerprint density at radius 3 is 3.00 bits per heavy atom. The summed E-state index contributed by atoms with van der Waals surface area (Å²) in [5.74, 6) is -0.872. The van der Waals surface area contributed by atoms with Crippen LogP contribution in [0.2, 0.25) is 0 Å². The molecule has 0 radical (unpaired) electrons.